The second-order valence-corrected chi connectivity index (χ2v) is 6.89. The summed E-state index contributed by atoms with van der Waals surface area (Å²) < 4.78 is 5.79. The first kappa shape index (κ1) is 18.1. The van der Waals surface area contributed by atoms with Crippen molar-refractivity contribution in [3.05, 3.63) is 41.0 Å². The minimum absolute atomic E-state index is 0.00323. The van der Waals surface area contributed by atoms with Crippen LogP contribution >= 0.6 is 11.6 Å². The minimum Gasteiger partial charge on any atom is -0.480 e. The monoisotopic (exact) mass is 363 g/mol. The first-order valence-corrected chi connectivity index (χ1v) is 8.66. The molecule has 6 nitrogen and oxygen atoms in total. The summed E-state index contributed by atoms with van der Waals surface area (Å²) in [6, 6.07) is 7.82. The van der Waals surface area contributed by atoms with E-state index in [9.17, 15) is 4.79 Å². The summed E-state index contributed by atoms with van der Waals surface area (Å²) in [6.07, 6.45) is 1.79. The largest absolute Gasteiger partial charge is 0.480 e. The molecule has 2 heterocycles. The first-order valence-electron chi connectivity index (χ1n) is 8.28. The molecule has 1 N–H and O–H groups in total. The van der Waals surface area contributed by atoms with Gasteiger partial charge in [0.2, 0.25) is 0 Å². The number of aliphatic carboxylic acids is 1. The van der Waals surface area contributed by atoms with Crippen molar-refractivity contribution in [3.8, 4) is 0 Å². The van der Waals surface area contributed by atoms with Crippen molar-refractivity contribution >= 4 is 28.5 Å². The summed E-state index contributed by atoms with van der Waals surface area (Å²) in [5.74, 6) is -0.827. The quantitative estimate of drug-likeness (QED) is 0.848. The molecule has 1 unspecified atom stereocenters. The fourth-order valence-corrected chi connectivity index (χ4v) is 3.52. The molecule has 0 radical (unpaired) electrons. The maximum absolute atomic E-state index is 10.8. The van der Waals surface area contributed by atoms with Crippen molar-refractivity contribution in [1.82, 2.24) is 14.8 Å². The Balaban J connectivity index is 1.68. The van der Waals surface area contributed by atoms with E-state index in [4.69, 9.17) is 21.4 Å². The van der Waals surface area contributed by atoms with Gasteiger partial charge in [0, 0.05) is 42.8 Å². The third-order valence-corrected chi connectivity index (χ3v) is 4.50. The van der Waals surface area contributed by atoms with Crippen LogP contribution in [0.4, 0.5) is 0 Å². The summed E-state index contributed by atoms with van der Waals surface area (Å²) >= 11 is 6.25. The Morgan fingerprint density at radius 2 is 2.36 bits per heavy atom. The number of carbonyl (C=O) groups is 1. The van der Waals surface area contributed by atoms with Crippen LogP contribution in [0.25, 0.3) is 10.9 Å². The molecule has 0 amide bonds. The van der Waals surface area contributed by atoms with Crippen LogP contribution in [0.1, 0.15) is 5.56 Å². The zero-order chi connectivity index (χ0) is 17.8. The van der Waals surface area contributed by atoms with Crippen LogP contribution in [0.3, 0.4) is 0 Å². The van der Waals surface area contributed by atoms with Crippen LogP contribution < -0.4 is 0 Å². The highest BCUT2D eigenvalue weighted by atomic mass is 35.5. The average molecular weight is 364 g/mol. The van der Waals surface area contributed by atoms with Gasteiger partial charge in [-0.05, 0) is 30.8 Å². The lowest BCUT2D eigenvalue weighted by molar-refractivity contribution is -0.138. The van der Waals surface area contributed by atoms with Gasteiger partial charge in [0.05, 0.1) is 24.8 Å². The van der Waals surface area contributed by atoms with Crippen LogP contribution in [-0.4, -0.2) is 71.8 Å². The Morgan fingerprint density at radius 1 is 1.52 bits per heavy atom. The number of rotatable bonds is 6. The van der Waals surface area contributed by atoms with Gasteiger partial charge < -0.3 is 9.84 Å². The van der Waals surface area contributed by atoms with E-state index in [1.54, 1.807) is 18.1 Å². The van der Waals surface area contributed by atoms with E-state index in [2.05, 4.69) is 9.88 Å². The fourth-order valence-electron chi connectivity index (χ4n) is 3.27. The second kappa shape index (κ2) is 8.10. The van der Waals surface area contributed by atoms with Gasteiger partial charge in [0.15, 0.2) is 0 Å². The van der Waals surface area contributed by atoms with Crippen molar-refractivity contribution in [2.24, 2.45) is 0 Å². The molecule has 1 aromatic heterocycles. The number of aromatic nitrogens is 1. The predicted molar refractivity (Wildman–Crippen MR) is 96.9 cm³/mol. The van der Waals surface area contributed by atoms with Gasteiger partial charge in [-0.2, -0.15) is 0 Å². The number of carboxylic acids is 1. The molecule has 1 saturated heterocycles. The number of hydrogen-bond acceptors (Lipinski definition) is 5. The maximum Gasteiger partial charge on any atom is 0.317 e. The Hall–Kier alpha value is -1.73. The standard InChI is InChI=1S/C18H22ClN3O3/c1-21(12-17(23)24)10-16-11-22(5-6-25-16)9-14-8-15(19)7-13-3-2-4-20-18(13)14/h2-4,7-8,16H,5-6,9-12H2,1H3,(H,23,24). The van der Waals surface area contributed by atoms with E-state index < -0.39 is 5.97 Å². The van der Waals surface area contributed by atoms with Crippen LogP contribution in [0.15, 0.2) is 30.5 Å². The molecule has 0 bridgehead atoms. The minimum atomic E-state index is -0.827. The van der Waals surface area contributed by atoms with Gasteiger partial charge in [0.1, 0.15) is 0 Å². The van der Waals surface area contributed by atoms with Crippen molar-refractivity contribution in [2.75, 3.05) is 39.8 Å². The molecule has 7 heteroatoms. The number of fused-ring (bicyclic) bond motifs is 1. The number of benzene rings is 1. The highest BCUT2D eigenvalue weighted by Gasteiger charge is 2.23. The molecule has 3 rings (SSSR count). The van der Waals surface area contributed by atoms with Gasteiger partial charge in [-0.25, -0.2) is 0 Å². The topological polar surface area (TPSA) is 65.9 Å². The van der Waals surface area contributed by atoms with Crippen molar-refractivity contribution < 1.29 is 14.6 Å². The summed E-state index contributed by atoms with van der Waals surface area (Å²) in [5.41, 5.74) is 2.07. The van der Waals surface area contributed by atoms with Crippen LogP contribution in [0.2, 0.25) is 5.02 Å². The highest BCUT2D eigenvalue weighted by Crippen LogP contribution is 2.24. The molecule has 1 aromatic carbocycles. The molecule has 1 aliphatic heterocycles. The van der Waals surface area contributed by atoms with E-state index in [1.165, 1.54) is 0 Å². The number of morpholine rings is 1. The Labute approximate surface area is 152 Å². The molecule has 25 heavy (non-hydrogen) atoms. The highest BCUT2D eigenvalue weighted by molar-refractivity contribution is 6.31. The molecule has 2 aromatic rings. The molecule has 1 atom stereocenters. The van der Waals surface area contributed by atoms with Crippen molar-refractivity contribution in [3.63, 3.8) is 0 Å². The van der Waals surface area contributed by atoms with Crippen molar-refractivity contribution in [2.45, 2.75) is 12.6 Å². The van der Waals surface area contributed by atoms with Gasteiger partial charge >= 0.3 is 5.97 Å². The molecule has 0 aliphatic carbocycles. The van der Waals surface area contributed by atoms with E-state index in [-0.39, 0.29) is 12.6 Å². The molecule has 0 saturated carbocycles. The first-order chi connectivity index (χ1) is 12.0. The third-order valence-electron chi connectivity index (χ3n) is 4.29. The predicted octanol–water partition coefficient (Wildman–Crippen LogP) is 2.11. The molecule has 134 valence electrons. The molecular formula is C18H22ClN3O3. The lowest BCUT2D eigenvalue weighted by atomic mass is 10.1. The smallest absolute Gasteiger partial charge is 0.317 e. The fraction of sp³-hybridized carbons (Fsp3) is 0.444. The maximum atomic E-state index is 10.8. The van der Waals surface area contributed by atoms with Gasteiger partial charge in [-0.3, -0.25) is 19.6 Å². The zero-order valence-corrected chi connectivity index (χ0v) is 14.9. The van der Waals surface area contributed by atoms with Crippen LogP contribution in [0.5, 0.6) is 0 Å². The van der Waals surface area contributed by atoms with E-state index >= 15 is 0 Å². The number of ether oxygens (including phenoxy) is 1. The van der Waals surface area contributed by atoms with E-state index in [1.807, 2.05) is 24.3 Å². The summed E-state index contributed by atoms with van der Waals surface area (Å²) in [6.45, 7) is 3.58. The Bertz CT molecular complexity index is 755. The van der Waals surface area contributed by atoms with E-state index in [0.29, 0.717) is 18.2 Å². The number of halogens is 1. The molecule has 0 spiro atoms. The molecule has 1 aliphatic rings. The SMILES string of the molecule is CN(CC(=O)O)CC1CN(Cc2cc(Cl)cc3cccnc23)CCO1. The zero-order valence-electron chi connectivity index (χ0n) is 14.2. The van der Waals surface area contributed by atoms with E-state index in [0.717, 1.165) is 36.1 Å². The Kier molecular flexibility index (Phi) is 5.86. The van der Waals surface area contributed by atoms with Crippen LogP contribution in [0, 0.1) is 0 Å². The number of carboxylic acid groups (broad SMARTS) is 1. The van der Waals surface area contributed by atoms with Gasteiger partial charge in [-0.1, -0.05) is 17.7 Å². The Morgan fingerprint density at radius 3 is 3.16 bits per heavy atom. The molecule has 1 fully saturated rings. The number of pyridine rings is 1. The van der Waals surface area contributed by atoms with Gasteiger partial charge in [0.25, 0.3) is 0 Å². The summed E-state index contributed by atoms with van der Waals surface area (Å²) in [4.78, 5) is 19.4. The second-order valence-electron chi connectivity index (χ2n) is 6.46. The number of hydrogen-bond donors (Lipinski definition) is 1. The van der Waals surface area contributed by atoms with Crippen LogP contribution in [-0.2, 0) is 16.1 Å². The average Bonchev–Trinajstić information content (AvgIpc) is 2.54. The summed E-state index contributed by atoms with van der Waals surface area (Å²) in [5, 5.41) is 10.6. The normalized spacial score (nSPS) is 18.8. The lowest BCUT2D eigenvalue weighted by Gasteiger charge is -2.34. The van der Waals surface area contributed by atoms with Gasteiger partial charge in [-0.15, -0.1) is 0 Å². The lowest BCUT2D eigenvalue weighted by Crippen LogP contribution is -2.47. The number of nitrogens with zero attached hydrogens (tertiary/aromatic N) is 3. The number of likely N-dealkylation sites (N-methyl/N-ethyl adjacent to an activating group) is 1. The summed E-state index contributed by atoms with van der Waals surface area (Å²) in [7, 11) is 1.80. The third kappa shape index (κ3) is 4.89. The molecular weight excluding hydrogens is 342 g/mol. The van der Waals surface area contributed by atoms with Crippen molar-refractivity contribution in [1.29, 1.82) is 0 Å².